The lowest BCUT2D eigenvalue weighted by molar-refractivity contribution is -0.135. The van der Waals surface area contributed by atoms with E-state index in [1.165, 1.54) is 6.33 Å². The lowest BCUT2D eigenvalue weighted by Gasteiger charge is -2.36. The predicted octanol–water partition coefficient (Wildman–Crippen LogP) is 1.43. The van der Waals surface area contributed by atoms with E-state index in [0.29, 0.717) is 25.4 Å². The molecule has 136 valence electrons. The smallest absolute Gasteiger partial charge is 0.253 e. The largest absolute Gasteiger partial charge is 0.338 e. The second-order valence-corrected chi connectivity index (χ2v) is 7.13. The van der Waals surface area contributed by atoms with Crippen molar-refractivity contribution >= 4 is 11.8 Å². The van der Waals surface area contributed by atoms with Gasteiger partial charge in [-0.15, -0.1) is 0 Å². The third-order valence-corrected chi connectivity index (χ3v) is 5.36. The zero-order valence-electron chi connectivity index (χ0n) is 14.7. The van der Waals surface area contributed by atoms with Gasteiger partial charge in [0.05, 0.1) is 6.54 Å². The first-order valence-corrected chi connectivity index (χ1v) is 9.17. The fourth-order valence-corrected chi connectivity index (χ4v) is 4.02. The summed E-state index contributed by atoms with van der Waals surface area (Å²) in [5.41, 5.74) is 0.720. The molecule has 3 saturated heterocycles. The highest BCUT2D eigenvalue weighted by molar-refractivity contribution is 5.94. The highest BCUT2D eigenvalue weighted by Crippen LogP contribution is 2.29. The van der Waals surface area contributed by atoms with Crippen LogP contribution in [0.15, 0.2) is 43.0 Å². The normalized spacial score (nSPS) is 22.3. The van der Waals surface area contributed by atoms with Gasteiger partial charge >= 0.3 is 0 Å². The molecule has 7 nitrogen and oxygen atoms in total. The molecule has 2 bridgehead atoms. The van der Waals surface area contributed by atoms with E-state index < -0.39 is 0 Å². The van der Waals surface area contributed by atoms with E-state index in [4.69, 9.17) is 0 Å². The fourth-order valence-electron chi connectivity index (χ4n) is 4.02. The Morgan fingerprint density at radius 1 is 1.08 bits per heavy atom. The van der Waals surface area contributed by atoms with Gasteiger partial charge in [0.1, 0.15) is 12.7 Å². The summed E-state index contributed by atoms with van der Waals surface area (Å²) in [6.45, 7) is 2.65. The Morgan fingerprint density at radius 3 is 2.69 bits per heavy atom. The van der Waals surface area contributed by atoms with Crippen molar-refractivity contribution in [3.63, 3.8) is 0 Å². The molecule has 26 heavy (non-hydrogen) atoms. The molecule has 7 heteroatoms. The Morgan fingerprint density at radius 2 is 1.92 bits per heavy atom. The Labute approximate surface area is 152 Å². The molecule has 1 aromatic heterocycles. The average Bonchev–Trinajstić information content (AvgIpc) is 3.04. The van der Waals surface area contributed by atoms with Crippen molar-refractivity contribution in [1.82, 2.24) is 24.6 Å². The predicted molar refractivity (Wildman–Crippen MR) is 95.2 cm³/mol. The van der Waals surface area contributed by atoms with Gasteiger partial charge in [0.25, 0.3) is 5.91 Å². The van der Waals surface area contributed by atoms with Crippen LogP contribution in [0.5, 0.6) is 0 Å². The first-order chi connectivity index (χ1) is 12.7. The van der Waals surface area contributed by atoms with E-state index in [-0.39, 0.29) is 17.9 Å². The molecule has 0 unspecified atom stereocenters. The molecule has 2 amide bonds. The van der Waals surface area contributed by atoms with Gasteiger partial charge in [-0.05, 0) is 30.9 Å². The number of nitrogens with zero attached hydrogens (tertiary/aromatic N) is 5. The minimum atomic E-state index is 0.0689. The molecule has 3 fully saturated rings. The number of carbonyl (C=O) groups excluding carboxylic acids is 2. The molecule has 0 radical (unpaired) electrons. The molecule has 5 rings (SSSR count). The summed E-state index contributed by atoms with van der Waals surface area (Å²) in [4.78, 5) is 33.4. The molecule has 2 aromatic rings. The molecular formula is C19H23N5O2. The third-order valence-electron chi connectivity index (χ3n) is 5.36. The molecule has 4 heterocycles. The van der Waals surface area contributed by atoms with E-state index in [1.54, 1.807) is 11.0 Å². The molecule has 0 saturated carbocycles. The van der Waals surface area contributed by atoms with E-state index in [9.17, 15) is 9.59 Å². The van der Waals surface area contributed by atoms with Crippen molar-refractivity contribution < 1.29 is 9.59 Å². The number of amides is 2. The topological polar surface area (TPSA) is 71.3 Å². The van der Waals surface area contributed by atoms with Gasteiger partial charge in [-0.1, -0.05) is 18.2 Å². The summed E-state index contributed by atoms with van der Waals surface area (Å²) in [6, 6.07) is 9.52. The van der Waals surface area contributed by atoms with E-state index >= 15 is 0 Å². The Kier molecular flexibility index (Phi) is 4.69. The van der Waals surface area contributed by atoms with Crippen LogP contribution in [0.3, 0.4) is 0 Å². The number of aromatic nitrogens is 3. The van der Waals surface area contributed by atoms with Crippen LogP contribution in [0, 0.1) is 5.92 Å². The van der Waals surface area contributed by atoms with Crippen LogP contribution in [0.2, 0.25) is 0 Å². The monoisotopic (exact) mass is 353 g/mol. The van der Waals surface area contributed by atoms with Crippen molar-refractivity contribution in [3.8, 4) is 0 Å². The molecule has 1 aromatic carbocycles. The van der Waals surface area contributed by atoms with Crippen molar-refractivity contribution in [2.75, 3.05) is 19.6 Å². The van der Waals surface area contributed by atoms with Crippen LogP contribution >= 0.6 is 0 Å². The van der Waals surface area contributed by atoms with Crippen molar-refractivity contribution in [2.24, 2.45) is 5.92 Å². The first kappa shape index (κ1) is 16.8. The molecule has 3 aliphatic heterocycles. The van der Waals surface area contributed by atoms with Gasteiger partial charge in [-0.25, -0.2) is 4.98 Å². The number of carbonyl (C=O) groups is 2. The van der Waals surface area contributed by atoms with Crippen LogP contribution in [0.25, 0.3) is 0 Å². The van der Waals surface area contributed by atoms with Crippen molar-refractivity contribution in [2.45, 2.75) is 31.8 Å². The second-order valence-electron chi connectivity index (χ2n) is 7.13. The maximum Gasteiger partial charge on any atom is 0.253 e. The fraction of sp³-hybridized carbons (Fsp3) is 0.474. The number of benzene rings is 1. The lowest BCUT2D eigenvalue weighted by atomic mass is 9.94. The highest BCUT2D eigenvalue weighted by atomic mass is 16.2. The van der Waals surface area contributed by atoms with Crippen LogP contribution in [0.4, 0.5) is 0 Å². The van der Waals surface area contributed by atoms with Crippen LogP contribution in [0.1, 0.15) is 29.6 Å². The molecule has 0 spiro atoms. The minimum Gasteiger partial charge on any atom is -0.338 e. The summed E-state index contributed by atoms with van der Waals surface area (Å²) in [5.74, 6) is 0.570. The van der Waals surface area contributed by atoms with Crippen molar-refractivity contribution in [3.05, 3.63) is 48.5 Å². The van der Waals surface area contributed by atoms with Crippen LogP contribution in [-0.4, -0.2) is 62.1 Å². The molecule has 3 aliphatic rings. The van der Waals surface area contributed by atoms with Crippen LogP contribution < -0.4 is 0 Å². The summed E-state index contributed by atoms with van der Waals surface area (Å²) < 4.78 is 1.68. The van der Waals surface area contributed by atoms with E-state index in [1.807, 2.05) is 40.1 Å². The first-order valence-electron chi connectivity index (χ1n) is 9.17. The number of rotatable bonds is 4. The van der Waals surface area contributed by atoms with Gasteiger partial charge in [0, 0.05) is 37.7 Å². The molecule has 0 N–H and O–H groups in total. The Bertz CT molecular complexity index is 762. The quantitative estimate of drug-likeness (QED) is 0.834. The second kappa shape index (κ2) is 7.27. The number of piperidine rings is 1. The number of fused-ring (bicyclic) bond motifs is 4. The van der Waals surface area contributed by atoms with E-state index in [2.05, 4.69) is 10.1 Å². The van der Waals surface area contributed by atoms with E-state index in [0.717, 1.165) is 31.5 Å². The standard InChI is InChI=1S/C19H23N5O2/c25-18(8-9-23-14-20-13-21-23)24-11-15-6-7-17(24)12-22(10-15)19(26)16-4-2-1-3-5-16/h1-5,13-15,17H,6-12H2/t15-,17+/m1/s1. The number of aryl methyl sites for hydroxylation is 1. The van der Waals surface area contributed by atoms with Gasteiger partial charge in [0.2, 0.25) is 5.91 Å². The van der Waals surface area contributed by atoms with Gasteiger partial charge in [-0.3, -0.25) is 14.3 Å². The summed E-state index contributed by atoms with van der Waals surface area (Å²) in [6.07, 6.45) is 5.57. The Hall–Kier alpha value is -2.70. The van der Waals surface area contributed by atoms with Crippen molar-refractivity contribution in [1.29, 1.82) is 0 Å². The highest BCUT2D eigenvalue weighted by Gasteiger charge is 2.38. The molecular weight excluding hydrogens is 330 g/mol. The molecule has 2 atom stereocenters. The van der Waals surface area contributed by atoms with Crippen LogP contribution in [-0.2, 0) is 11.3 Å². The molecule has 0 aliphatic carbocycles. The number of hydrogen-bond acceptors (Lipinski definition) is 4. The zero-order valence-corrected chi connectivity index (χ0v) is 14.7. The minimum absolute atomic E-state index is 0.0689. The Balaban J connectivity index is 1.43. The van der Waals surface area contributed by atoms with Gasteiger partial charge in [-0.2, -0.15) is 5.10 Å². The summed E-state index contributed by atoms with van der Waals surface area (Å²) in [7, 11) is 0. The maximum atomic E-state index is 12.8. The zero-order chi connectivity index (χ0) is 17.9. The number of hydrogen-bond donors (Lipinski definition) is 0. The summed E-state index contributed by atoms with van der Waals surface area (Å²) >= 11 is 0. The van der Waals surface area contributed by atoms with Gasteiger partial charge in [0.15, 0.2) is 0 Å². The lowest BCUT2D eigenvalue weighted by Crippen LogP contribution is -2.47. The average molecular weight is 353 g/mol. The summed E-state index contributed by atoms with van der Waals surface area (Å²) in [5, 5.41) is 4.05. The maximum absolute atomic E-state index is 12.8. The third kappa shape index (κ3) is 3.47. The van der Waals surface area contributed by atoms with Gasteiger partial charge < -0.3 is 9.80 Å². The SMILES string of the molecule is O=C(c1ccccc1)N1C[C@H]2CC[C@@H](C1)N(C(=O)CCn1cncn1)C2.